The molecule has 4 aromatic rings. The van der Waals surface area contributed by atoms with Crippen LogP contribution >= 0.6 is 0 Å². The first-order valence-corrected chi connectivity index (χ1v) is 12.2. The average Bonchev–Trinajstić information content (AvgIpc) is 2.89. The van der Waals surface area contributed by atoms with Crippen molar-refractivity contribution in [1.82, 2.24) is 0 Å². The van der Waals surface area contributed by atoms with Gasteiger partial charge in [-0.3, -0.25) is 0 Å². The van der Waals surface area contributed by atoms with E-state index in [1.807, 2.05) is 19.1 Å². The summed E-state index contributed by atoms with van der Waals surface area (Å²) >= 11 is 0. The molecule has 4 aromatic carbocycles. The molecule has 0 saturated heterocycles. The van der Waals surface area contributed by atoms with Crippen molar-refractivity contribution in [2.75, 3.05) is 0 Å². The van der Waals surface area contributed by atoms with E-state index >= 15 is 0 Å². The van der Waals surface area contributed by atoms with Gasteiger partial charge in [-0.2, -0.15) is 0 Å². The third-order valence-electron chi connectivity index (χ3n) is 6.74. The van der Waals surface area contributed by atoms with Gasteiger partial charge >= 0.3 is 0 Å². The maximum atomic E-state index is 6.12. The molecule has 0 fully saturated rings. The second kappa shape index (κ2) is 9.97. The molecule has 1 aliphatic carbocycles. The highest BCUT2D eigenvalue weighted by molar-refractivity contribution is 6.09. The number of hydrogen-bond acceptors (Lipinski definition) is 1. The molecule has 0 aromatic heterocycles. The van der Waals surface area contributed by atoms with Crippen molar-refractivity contribution in [3.8, 4) is 11.1 Å². The van der Waals surface area contributed by atoms with Crippen molar-refractivity contribution >= 4 is 27.6 Å². The number of nitrogens with two attached hydrogens (primary N) is 1. The molecule has 0 atom stereocenters. The maximum absolute atomic E-state index is 6.12. The molecule has 34 heavy (non-hydrogen) atoms. The van der Waals surface area contributed by atoms with Gasteiger partial charge < -0.3 is 5.73 Å². The Balaban J connectivity index is 1.68. The van der Waals surface area contributed by atoms with Crippen molar-refractivity contribution in [3.63, 3.8) is 0 Å². The Morgan fingerprint density at radius 3 is 2.50 bits per heavy atom. The van der Waals surface area contributed by atoms with Crippen molar-refractivity contribution in [2.24, 2.45) is 5.73 Å². The monoisotopic (exact) mass is 441 g/mol. The lowest BCUT2D eigenvalue weighted by Gasteiger charge is -2.23. The number of allylic oxidation sites excluding steroid dienone is 6. The average molecular weight is 442 g/mol. The Bertz CT molecular complexity index is 1460. The van der Waals surface area contributed by atoms with Crippen LogP contribution in [0.25, 0.3) is 38.7 Å². The third kappa shape index (κ3) is 4.22. The highest BCUT2D eigenvalue weighted by Crippen LogP contribution is 2.42. The zero-order valence-corrected chi connectivity index (χ0v) is 19.8. The van der Waals surface area contributed by atoms with E-state index < -0.39 is 0 Å². The minimum Gasteiger partial charge on any atom is -0.402 e. The molecule has 5 rings (SSSR count). The normalized spacial score (nSPS) is 14.0. The van der Waals surface area contributed by atoms with Crippen LogP contribution in [0.15, 0.2) is 109 Å². The summed E-state index contributed by atoms with van der Waals surface area (Å²) in [6.45, 7) is 2.02. The second-order valence-corrected chi connectivity index (χ2v) is 8.91. The van der Waals surface area contributed by atoms with Gasteiger partial charge in [-0.1, -0.05) is 103 Å². The van der Waals surface area contributed by atoms with Gasteiger partial charge in [0.15, 0.2) is 0 Å². The van der Waals surface area contributed by atoms with Crippen molar-refractivity contribution in [3.05, 3.63) is 126 Å². The molecule has 1 nitrogen and oxygen atoms in total. The zero-order valence-electron chi connectivity index (χ0n) is 19.8. The molecule has 0 bridgehead atoms. The molecule has 2 N–H and O–H groups in total. The fourth-order valence-corrected chi connectivity index (χ4v) is 5.15. The Labute approximate surface area is 202 Å². The summed E-state index contributed by atoms with van der Waals surface area (Å²) in [7, 11) is 0. The SMILES string of the molecule is C/C=C\C/C(N)=C/C=C\Cc1c2c(c(-c3cccc4ccccc34)c3ccccc13)CCC=C2. The largest absolute Gasteiger partial charge is 0.402 e. The molecular formula is C33H31N. The van der Waals surface area contributed by atoms with Gasteiger partial charge in [-0.15, -0.1) is 0 Å². The summed E-state index contributed by atoms with van der Waals surface area (Å²) in [5, 5.41) is 5.30. The molecule has 0 amide bonds. The predicted octanol–water partition coefficient (Wildman–Crippen LogP) is 8.53. The molecule has 0 unspecified atom stereocenters. The summed E-state index contributed by atoms with van der Waals surface area (Å²) in [6.07, 6.45) is 19.0. The number of hydrogen-bond donors (Lipinski definition) is 1. The van der Waals surface area contributed by atoms with Gasteiger partial charge in [0, 0.05) is 12.1 Å². The minimum atomic E-state index is 0.793. The standard InChI is InChI=1S/C33H31N/c1-2-3-15-25(34)16-5-7-18-27-28-19-8-10-21-31(28)33(32-22-11-9-20-29(27)32)30-23-12-14-24-13-4-6-17-26(24)30/h2-10,12-14,16-17,19-21,23H,11,15,18,22,34H2,1H3/b3-2-,7-5-,25-16-. The molecule has 168 valence electrons. The van der Waals surface area contributed by atoms with E-state index in [1.54, 1.807) is 0 Å². The van der Waals surface area contributed by atoms with Gasteiger partial charge in [0.1, 0.15) is 0 Å². The van der Waals surface area contributed by atoms with E-state index in [4.69, 9.17) is 5.73 Å². The second-order valence-electron chi connectivity index (χ2n) is 8.91. The van der Waals surface area contributed by atoms with Crippen LogP contribution in [0, 0.1) is 0 Å². The summed E-state index contributed by atoms with van der Waals surface area (Å²) in [4.78, 5) is 0. The molecular weight excluding hydrogens is 410 g/mol. The van der Waals surface area contributed by atoms with Crippen LogP contribution in [0.3, 0.4) is 0 Å². The van der Waals surface area contributed by atoms with Crippen molar-refractivity contribution < 1.29 is 0 Å². The Morgan fingerprint density at radius 2 is 1.65 bits per heavy atom. The molecule has 0 heterocycles. The van der Waals surface area contributed by atoms with E-state index in [1.165, 1.54) is 49.4 Å². The van der Waals surface area contributed by atoms with Gasteiger partial charge in [-0.05, 0) is 81.6 Å². The van der Waals surface area contributed by atoms with Crippen LogP contribution in [-0.2, 0) is 12.8 Å². The fourth-order valence-electron chi connectivity index (χ4n) is 5.15. The van der Waals surface area contributed by atoms with Gasteiger partial charge in [0.05, 0.1) is 0 Å². The molecule has 0 aliphatic heterocycles. The zero-order chi connectivity index (χ0) is 23.3. The van der Waals surface area contributed by atoms with Crippen molar-refractivity contribution in [1.29, 1.82) is 0 Å². The van der Waals surface area contributed by atoms with E-state index in [9.17, 15) is 0 Å². The summed E-state index contributed by atoms with van der Waals surface area (Å²) in [5.74, 6) is 0. The number of benzene rings is 4. The van der Waals surface area contributed by atoms with Crippen LogP contribution in [-0.4, -0.2) is 0 Å². The van der Waals surface area contributed by atoms with Crippen LogP contribution in [0.2, 0.25) is 0 Å². The maximum Gasteiger partial charge on any atom is 0.0119 e. The van der Waals surface area contributed by atoms with Crippen LogP contribution in [0.4, 0.5) is 0 Å². The fraction of sp³-hybridized carbons (Fsp3) is 0.152. The topological polar surface area (TPSA) is 26.0 Å². The predicted molar refractivity (Wildman–Crippen MR) is 149 cm³/mol. The smallest absolute Gasteiger partial charge is 0.0119 e. The number of fused-ring (bicyclic) bond motifs is 3. The lowest BCUT2D eigenvalue weighted by Crippen LogP contribution is -2.04. The molecule has 1 heteroatoms. The highest BCUT2D eigenvalue weighted by Gasteiger charge is 2.20. The first-order chi connectivity index (χ1) is 16.8. The minimum absolute atomic E-state index is 0.793. The lowest BCUT2D eigenvalue weighted by molar-refractivity contribution is 0.984. The Hall–Kier alpha value is -3.84. The van der Waals surface area contributed by atoms with Gasteiger partial charge in [-0.25, -0.2) is 0 Å². The van der Waals surface area contributed by atoms with E-state index in [-0.39, 0.29) is 0 Å². The van der Waals surface area contributed by atoms with Crippen LogP contribution in [0.1, 0.15) is 36.5 Å². The third-order valence-corrected chi connectivity index (χ3v) is 6.74. The van der Waals surface area contributed by atoms with Crippen molar-refractivity contribution in [2.45, 2.75) is 32.6 Å². The Morgan fingerprint density at radius 1 is 0.882 bits per heavy atom. The van der Waals surface area contributed by atoms with Crippen LogP contribution in [0.5, 0.6) is 0 Å². The number of rotatable bonds is 6. The first kappa shape index (κ1) is 22.0. The van der Waals surface area contributed by atoms with Gasteiger partial charge in [0.2, 0.25) is 0 Å². The summed E-state index contributed by atoms with van der Waals surface area (Å²) < 4.78 is 0. The summed E-state index contributed by atoms with van der Waals surface area (Å²) in [6, 6.07) is 24.4. The molecule has 1 aliphatic rings. The Kier molecular flexibility index (Phi) is 6.44. The molecule has 0 saturated carbocycles. The van der Waals surface area contributed by atoms with E-state index in [0.29, 0.717) is 0 Å². The highest BCUT2D eigenvalue weighted by atomic mass is 14.6. The first-order valence-electron chi connectivity index (χ1n) is 12.2. The molecule has 0 spiro atoms. The molecule has 0 radical (unpaired) electrons. The summed E-state index contributed by atoms with van der Waals surface area (Å²) in [5.41, 5.74) is 14.0. The van der Waals surface area contributed by atoms with Gasteiger partial charge in [0.25, 0.3) is 0 Å². The van der Waals surface area contributed by atoms with E-state index in [2.05, 4.69) is 97.1 Å². The van der Waals surface area contributed by atoms with E-state index in [0.717, 1.165) is 31.4 Å². The quantitative estimate of drug-likeness (QED) is 0.235. The lowest BCUT2D eigenvalue weighted by atomic mass is 9.80. The van der Waals surface area contributed by atoms with Crippen LogP contribution < -0.4 is 5.73 Å².